The molecule has 3 aromatic rings. The molecule has 2 aromatic heterocycles. The molecule has 5 nitrogen and oxygen atoms in total. The molecule has 4 rings (SSSR count). The van der Waals surface area contributed by atoms with Crippen LogP contribution in [0, 0.1) is 0 Å². The Kier molecular flexibility index (Phi) is 4.54. The third-order valence-electron chi connectivity index (χ3n) is 4.83. The minimum Gasteiger partial charge on any atom is -0.462 e. The van der Waals surface area contributed by atoms with Gasteiger partial charge in [0.15, 0.2) is 5.76 Å². The van der Waals surface area contributed by atoms with Crippen LogP contribution in [0.1, 0.15) is 24.2 Å². The van der Waals surface area contributed by atoms with Crippen molar-refractivity contribution in [2.24, 2.45) is 0 Å². The van der Waals surface area contributed by atoms with Crippen molar-refractivity contribution in [3.63, 3.8) is 0 Å². The summed E-state index contributed by atoms with van der Waals surface area (Å²) in [5, 5.41) is 3.42. The summed E-state index contributed by atoms with van der Waals surface area (Å²) >= 11 is 0. The molecular formula is C22H23N3O2. The van der Waals surface area contributed by atoms with E-state index in [4.69, 9.17) is 4.42 Å². The SMILES string of the molecule is CC1(C)CN(C(=O)c2ccc(-c3cc(-c4ccccc4)co3)nc2)CCN1. The van der Waals surface area contributed by atoms with Gasteiger partial charge in [0.25, 0.3) is 5.91 Å². The first-order valence-electron chi connectivity index (χ1n) is 9.16. The molecule has 1 saturated heterocycles. The second-order valence-electron chi connectivity index (χ2n) is 7.54. The Labute approximate surface area is 159 Å². The van der Waals surface area contributed by atoms with Gasteiger partial charge in [-0.15, -0.1) is 0 Å². The largest absolute Gasteiger partial charge is 0.462 e. The lowest BCUT2D eigenvalue weighted by atomic mass is 10.0. The lowest BCUT2D eigenvalue weighted by Gasteiger charge is -2.39. The van der Waals surface area contributed by atoms with Gasteiger partial charge in [0.2, 0.25) is 0 Å². The number of benzene rings is 1. The number of piperazine rings is 1. The lowest BCUT2D eigenvalue weighted by molar-refractivity contribution is 0.0652. The van der Waals surface area contributed by atoms with Crippen LogP contribution in [-0.4, -0.2) is 41.0 Å². The topological polar surface area (TPSA) is 58.4 Å². The fraction of sp³-hybridized carbons (Fsp3) is 0.273. The van der Waals surface area contributed by atoms with Gasteiger partial charge >= 0.3 is 0 Å². The highest BCUT2D eigenvalue weighted by Crippen LogP contribution is 2.27. The highest BCUT2D eigenvalue weighted by Gasteiger charge is 2.29. The van der Waals surface area contributed by atoms with E-state index in [1.165, 1.54) is 0 Å². The maximum atomic E-state index is 12.8. The van der Waals surface area contributed by atoms with Gasteiger partial charge in [-0.2, -0.15) is 0 Å². The fourth-order valence-electron chi connectivity index (χ4n) is 3.42. The summed E-state index contributed by atoms with van der Waals surface area (Å²) < 4.78 is 5.68. The molecule has 0 bridgehead atoms. The quantitative estimate of drug-likeness (QED) is 0.770. The first-order valence-corrected chi connectivity index (χ1v) is 9.16. The zero-order chi connectivity index (χ0) is 18.9. The Morgan fingerprint density at radius 1 is 1.15 bits per heavy atom. The van der Waals surface area contributed by atoms with Crippen LogP contribution in [0.2, 0.25) is 0 Å². The number of furan rings is 1. The van der Waals surface area contributed by atoms with E-state index in [1.54, 1.807) is 12.5 Å². The number of nitrogens with zero attached hydrogens (tertiary/aromatic N) is 2. The molecule has 1 amide bonds. The van der Waals surface area contributed by atoms with Gasteiger partial charge in [-0.3, -0.25) is 9.78 Å². The molecule has 0 unspecified atom stereocenters. The van der Waals surface area contributed by atoms with E-state index >= 15 is 0 Å². The number of nitrogens with one attached hydrogen (secondary N) is 1. The van der Waals surface area contributed by atoms with Crippen LogP contribution in [0.25, 0.3) is 22.6 Å². The number of carbonyl (C=O) groups excluding carboxylic acids is 1. The normalized spacial score (nSPS) is 16.3. The number of hydrogen-bond donors (Lipinski definition) is 1. The van der Waals surface area contributed by atoms with E-state index in [0.29, 0.717) is 24.4 Å². The number of carbonyl (C=O) groups is 1. The lowest BCUT2D eigenvalue weighted by Crippen LogP contribution is -2.58. The summed E-state index contributed by atoms with van der Waals surface area (Å²) in [6.45, 7) is 6.41. The Morgan fingerprint density at radius 2 is 1.96 bits per heavy atom. The summed E-state index contributed by atoms with van der Waals surface area (Å²) in [5.74, 6) is 0.712. The van der Waals surface area contributed by atoms with Crippen molar-refractivity contribution in [2.45, 2.75) is 19.4 Å². The minimum absolute atomic E-state index is 0.0213. The van der Waals surface area contributed by atoms with E-state index in [2.05, 4.69) is 24.1 Å². The zero-order valence-electron chi connectivity index (χ0n) is 15.6. The number of pyridine rings is 1. The highest BCUT2D eigenvalue weighted by atomic mass is 16.3. The van der Waals surface area contributed by atoms with Gasteiger partial charge in [0.1, 0.15) is 5.69 Å². The Morgan fingerprint density at radius 3 is 2.67 bits per heavy atom. The van der Waals surface area contributed by atoms with E-state index < -0.39 is 0 Å². The van der Waals surface area contributed by atoms with Crippen LogP contribution in [0.3, 0.4) is 0 Å². The first-order chi connectivity index (χ1) is 13.0. The van der Waals surface area contributed by atoms with Gasteiger partial charge in [0.05, 0.1) is 11.8 Å². The summed E-state index contributed by atoms with van der Waals surface area (Å²) in [4.78, 5) is 19.1. The van der Waals surface area contributed by atoms with Crippen molar-refractivity contribution < 1.29 is 9.21 Å². The number of hydrogen-bond acceptors (Lipinski definition) is 4. The molecular weight excluding hydrogens is 338 g/mol. The van der Waals surface area contributed by atoms with E-state index in [-0.39, 0.29) is 11.4 Å². The van der Waals surface area contributed by atoms with Crippen LogP contribution in [0.5, 0.6) is 0 Å². The second-order valence-corrected chi connectivity index (χ2v) is 7.54. The Balaban J connectivity index is 1.51. The van der Waals surface area contributed by atoms with Gasteiger partial charge < -0.3 is 14.6 Å². The van der Waals surface area contributed by atoms with Crippen molar-refractivity contribution >= 4 is 5.91 Å². The first kappa shape index (κ1) is 17.5. The minimum atomic E-state index is -0.0662. The number of aromatic nitrogens is 1. The molecule has 0 saturated carbocycles. The molecule has 0 spiro atoms. The molecule has 1 aromatic carbocycles. The fourth-order valence-corrected chi connectivity index (χ4v) is 3.42. The highest BCUT2D eigenvalue weighted by molar-refractivity contribution is 5.94. The van der Waals surface area contributed by atoms with Crippen LogP contribution in [0.15, 0.2) is 65.4 Å². The monoisotopic (exact) mass is 361 g/mol. The average molecular weight is 361 g/mol. The summed E-state index contributed by atoms with van der Waals surface area (Å²) in [7, 11) is 0. The standard InChI is InChI=1S/C22H23N3O2/c1-22(2)15-25(11-10-24-22)21(26)17-8-9-19(23-13-17)20-12-18(14-27-20)16-6-4-3-5-7-16/h3-9,12-14,24H,10-11,15H2,1-2H3. The van der Waals surface area contributed by atoms with Crippen molar-refractivity contribution in [1.82, 2.24) is 15.2 Å². The van der Waals surface area contributed by atoms with Crippen LogP contribution in [-0.2, 0) is 0 Å². The summed E-state index contributed by atoms with van der Waals surface area (Å²) in [6, 6.07) is 15.7. The van der Waals surface area contributed by atoms with Crippen molar-refractivity contribution in [3.8, 4) is 22.6 Å². The van der Waals surface area contributed by atoms with Crippen LogP contribution >= 0.6 is 0 Å². The zero-order valence-corrected chi connectivity index (χ0v) is 15.6. The third kappa shape index (κ3) is 3.78. The molecule has 1 aliphatic heterocycles. The molecule has 138 valence electrons. The molecule has 5 heteroatoms. The third-order valence-corrected chi connectivity index (χ3v) is 4.83. The molecule has 0 atom stereocenters. The molecule has 0 radical (unpaired) electrons. The van der Waals surface area contributed by atoms with E-state index in [9.17, 15) is 4.79 Å². The predicted molar refractivity (Wildman–Crippen MR) is 105 cm³/mol. The summed E-state index contributed by atoms with van der Waals surface area (Å²) in [6.07, 6.45) is 3.37. The van der Waals surface area contributed by atoms with Gasteiger partial charge in [0, 0.05) is 36.9 Å². The second kappa shape index (κ2) is 7.00. The van der Waals surface area contributed by atoms with Gasteiger partial charge in [-0.1, -0.05) is 30.3 Å². The predicted octanol–water partition coefficient (Wildman–Crippen LogP) is 3.83. The van der Waals surface area contributed by atoms with Crippen molar-refractivity contribution in [2.75, 3.05) is 19.6 Å². The maximum absolute atomic E-state index is 12.8. The van der Waals surface area contributed by atoms with Gasteiger partial charge in [-0.25, -0.2) is 0 Å². The molecule has 27 heavy (non-hydrogen) atoms. The molecule has 1 N–H and O–H groups in total. The number of amides is 1. The average Bonchev–Trinajstić information content (AvgIpc) is 3.18. The van der Waals surface area contributed by atoms with Crippen molar-refractivity contribution in [1.29, 1.82) is 0 Å². The molecule has 0 aliphatic carbocycles. The summed E-state index contributed by atoms with van der Waals surface area (Å²) in [5.41, 5.74) is 3.36. The number of rotatable bonds is 3. The Bertz CT molecular complexity index is 930. The van der Waals surface area contributed by atoms with Crippen LogP contribution < -0.4 is 5.32 Å². The van der Waals surface area contributed by atoms with Crippen LogP contribution in [0.4, 0.5) is 0 Å². The van der Waals surface area contributed by atoms with Gasteiger partial charge in [-0.05, 0) is 37.6 Å². The van der Waals surface area contributed by atoms with E-state index in [0.717, 1.165) is 23.4 Å². The van der Waals surface area contributed by atoms with E-state index in [1.807, 2.05) is 53.4 Å². The molecule has 3 heterocycles. The molecule has 1 fully saturated rings. The molecule has 1 aliphatic rings. The Hall–Kier alpha value is -2.92. The van der Waals surface area contributed by atoms with Crippen molar-refractivity contribution in [3.05, 3.63) is 66.6 Å². The smallest absolute Gasteiger partial charge is 0.255 e. The maximum Gasteiger partial charge on any atom is 0.255 e.